The summed E-state index contributed by atoms with van der Waals surface area (Å²) >= 11 is 0. The van der Waals surface area contributed by atoms with Crippen LogP contribution in [0.3, 0.4) is 0 Å². The van der Waals surface area contributed by atoms with Crippen molar-refractivity contribution < 1.29 is 4.74 Å². The van der Waals surface area contributed by atoms with Crippen LogP contribution in [-0.2, 0) is 17.6 Å². The largest absolute Gasteiger partial charge is 0.375 e. The average molecular weight is 273 g/mol. The zero-order valence-electron chi connectivity index (χ0n) is 13.0. The van der Waals surface area contributed by atoms with Gasteiger partial charge in [-0.3, -0.25) is 0 Å². The molecular weight excluding hydrogens is 246 g/mol. The Morgan fingerprint density at radius 2 is 2.05 bits per heavy atom. The van der Waals surface area contributed by atoms with Crippen molar-refractivity contribution in [1.82, 2.24) is 5.32 Å². The second kappa shape index (κ2) is 5.50. The minimum Gasteiger partial charge on any atom is -0.375 e. The Balaban J connectivity index is 1.65. The number of hydrogen-bond acceptors (Lipinski definition) is 2. The van der Waals surface area contributed by atoms with Crippen LogP contribution in [0.15, 0.2) is 18.2 Å². The van der Waals surface area contributed by atoms with Crippen molar-refractivity contribution in [3.05, 3.63) is 34.9 Å². The van der Waals surface area contributed by atoms with E-state index in [-0.39, 0.29) is 5.60 Å². The lowest BCUT2D eigenvalue weighted by atomic mass is 9.92. The van der Waals surface area contributed by atoms with Gasteiger partial charge in [0.2, 0.25) is 0 Å². The van der Waals surface area contributed by atoms with Gasteiger partial charge in [0.25, 0.3) is 0 Å². The molecule has 2 aliphatic rings. The normalized spacial score (nSPS) is 26.2. The number of nitrogens with one attached hydrogen (secondary N) is 1. The highest BCUT2D eigenvalue weighted by Crippen LogP contribution is 2.28. The molecule has 2 unspecified atom stereocenters. The standard InChI is InChI=1S/C18H27NO/c1-13(19-17-9-10-20-18(2,3)12-17)15-8-7-14-5-4-6-16(14)11-15/h7-8,11,13,17,19H,4-6,9-10,12H2,1-3H3. The van der Waals surface area contributed by atoms with Crippen LogP contribution in [0, 0.1) is 0 Å². The van der Waals surface area contributed by atoms with E-state index in [0.29, 0.717) is 12.1 Å². The van der Waals surface area contributed by atoms with E-state index in [0.717, 1.165) is 19.4 Å². The van der Waals surface area contributed by atoms with Gasteiger partial charge in [-0.25, -0.2) is 0 Å². The Bertz CT molecular complexity index is 480. The van der Waals surface area contributed by atoms with E-state index in [9.17, 15) is 0 Å². The fraction of sp³-hybridized carbons (Fsp3) is 0.667. The number of rotatable bonds is 3. The number of hydrogen-bond donors (Lipinski definition) is 1. The molecule has 1 heterocycles. The highest BCUT2D eigenvalue weighted by Gasteiger charge is 2.29. The number of fused-ring (bicyclic) bond motifs is 1. The molecule has 0 saturated carbocycles. The maximum atomic E-state index is 5.80. The maximum absolute atomic E-state index is 5.80. The van der Waals surface area contributed by atoms with Crippen LogP contribution in [0.4, 0.5) is 0 Å². The first-order valence-corrected chi connectivity index (χ1v) is 8.05. The zero-order chi connectivity index (χ0) is 14.2. The third kappa shape index (κ3) is 3.07. The molecule has 1 N–H and O–H groups in total. The highest BCUT2D eigenvalue weighted by molar-refractivity contribution is 5.36. The van der Waals surface area contributed by atoms with Crippen LogP contribution in [0.2, 0.25) is 0 Å². The van der Waals surface area contributed by atoms with Crippen molar-refractivity contribution in [2.24, 2.45) is 0 Å². The van der Waals surface area contributed by atoms with Gasteiger partial charge in [0, 0.05) is 18.7 Å². The molecule has 110 valence electrons. The Kier molecular flexibility index (Phi) is 3.87. The minimum absolute atomic E-state index is 0.0214. The van der Waals surface area contributed by atoms with Crippen molar-refractivity contribution in [1.29, 1.82) is 0 Å². The molecule has 1 aliphatic heterocycles. The first-order valence-electron chi connectivity index (χ1n) is 8.05. The third-order valence-electron chi connectivity index (χ3n) is 4.81. The molecule has 1 saturated heterocycles. The summed E-state index contributed by atoms with van der Waals surface area (Å²) in [6.45, 7) is 7.56. The Morgan fingerprint density at radius 3 is 2.85 bits per heavy atom. The summed E-state index contributed by atoms with van der Waals surface area (Å²) < 4.78 is 5.80. The summed E-state index contributed by atoms with van der Waals surface area (Å²) in [6, 6.07) is 8.07. The molecule has 20 heavy (non-hydrogen) atoms. The highest BCUT2D eigenvalue weighted by atomic mass is 16.5. The quantitative estimate of drug-likeness (QED) is 0.905. The monoisotopic (exact) mass is 273 g/mol. The summed E-state index contributed by atoms with van der Waals surface area (Å²) in [5, 5.41) is 3.80. The van der Waals surface area contributed by atoms with Gasteiger partial charge in [-0.2, -0.15) is 0 Å². The molecular formula is C18H27NO. The number of aryl methyl sites for hydroxylation is 2. The molecule has 1 fully saturated rings. The molecule has 1 aliphatic carbocycles. The zero-order valence-corrected chi connectivity index (χ0v) is 13.0. The van der Waals surface area contributed by atoms with E-state index >= 15 is 0 Å². The second-order valence-corrected chi connectivity index (χ2v) is 7.07. The SMILES string of the molecule is CC(NC1CCOC(C)(C)C1)c1ccc2c(c1)CCC2. The predicted molar refractivity (Wildman–Crippen MR) is 83.1 cm³/mol. The van der Waals surface area contributed by atoms with Gasteiger partial charge in [0.05, 0.1) is 5.60 Å². The van der Waals surface area contributed by atoms with E-state index in [1.807, 2.05) is 0 Å². The first-order chi connectivity index (χ1) is 9.53. The van der Waals surface area contributed by atoms with E-state index in [4.69, 9.17) is 4.74 Å². The van der Waals surface area contributed by atoms with Crippen molar-refractivity contribution >= 4 is 0 Å². The van der Waals surface area contributed by atoms with E-state index in [1.165, 1.54) is 24.8 Å². The predicted octanol–water partition coefficient (Wildman–Crippen LogP) is 3.78. The molecule has 2 heteroatoms. The molecule has 2 atom stereocenters. The van der Waals surface area contributed by atoms with Crippen LogP contribution >= 0.6 is 0 Å². The lowest BCUT2D eigenvalue weighted by Gasteiger charge is -2.37. The average Bonchev–Trinajstić information content (AvgIpc) is 2.84. The van der Waals surface area contributed by atoms with Crippen molar-refractivity contribution in [3.8, 4) is 0 Å². The summed E-state index contributed by atoms with van der Waals surface area (Å²) in [6.07, 6.45) is 6.08. The van der Waals surface area contributed by atoms with Crippen LogP contribution in [0.1, 0.15) is 62.8 Å². The Morgan fingerprint density at radius 1 is 1.25 bits per heavy atom. The van der Waals surface area contributed by atoms with Crippen LogP contribution in [0.5, 0.6) is 0 Å². The minimum atomic E-state index is 0.0214. The molecule has 2 nitrogen and oxygen atoms in total. The lowest BCUT2D eigenvalue weighted by molar-refractivity contribution is -0.0639. The topological polar surface area (TPSA) is 21.3 Å². The Labute approximate surface area is 122 Å². The summed E-state index contributed by atoms with van der Waals surface area (Å²) in [7, 11) is 0. The van der Waals surface area contributed by atoms with Crippen LogP contribution in [0.25, 0.3) is 0 Å². The van der Waals surface area contributed by atoms with Gasteiger partial charge in [-0.15, -0.1) is 0 Å². The molecule has 0 aromatic heterocycles. The van der Waals surface area contributed by atoms with Gasteiger partial charge < -0.3 is 10.1 Å². The molecule has 0 bridgehead atoms. The molecule has 3 rings (SSSR count). The van der Waals surface area contributed by atoms with E-state index < -0.39 is 0 Å². The number of ether oxygens (including phenoxy) is 1. The van der Waals surface area contributed by atoms with Gasteiger partial charge >= 0.3 is 0 Å². The van der Waals surface area contributed by atoms with Gasteiger partial charge in [-0.05, 0) is 69.6 Å². The van der Waals surface area contributed by atoms with Crippen LogP contribution in [-0.4, -0.2) is 18.2 Å². The lowest BCUT2D eigenvalue weighted by Crippen LogP contribution is -2.44. The molecule has 0 spiro atoms. The summed E-state index contributed by atoms with van der Waals surface area (Å²) in [5.41, 5.74) is 4.60. The molecule has 0 amide bonds. The van der Waals surface area contributed by atoms with E-state index in [2.05, 4.69) is 44.3 Å². The van der Waals surface area contributed by atoms with Crippen molar-refractivity contribution in [2.75, 3.05) is 6.61 Å². The maximum Gasteiger partial charge on any atom is 0.0641 e. The van der Waals surface area contributed by atoms with E-state index in [1.54, 1.807) is 11.1 Å². The second-order valence-electron chi connectivity index (χ2n) is 7.07. The fourth-order valence-electron chi connectivity index (χ4n) is 3.68. The molecule has 0 radical (unpaired) electrons. The van der Waals surface area contributed by atoms with Gasteiger partial charge in [0.15, 0.2) is 0 Å². The van der Waals surface area contributed by atoms with Gasteiger partial charge in [-0.1, -0.05) is 18.2 Å². The molecule has 1 aromatic rings. The van der Waals surface area contributed by atoms with Crippen molar-refractivity contribution in [2.45, 2.75) is 70.6 Å². The fourth-order valence-corrected chi connectivity index (χ4v) is 3.68. The Hall–Kier alpha value is -0.860. The van der Waals surface area contributed by atoms with Gasteiger partial charge in [0.1, 0.15) is 0 Å². The first kappa shape index (κ1) is 14.1. The smallest absolute Gasteiger partial charge is 0.0641 e. The third-order valence-corrected chi connectivity index (χ3v) is 4.81. The summed E-state index contributed by atoms with van der Waals surface area (Å²) in [5.74, 6) is 0. The molecule has 1 aromatic carbocycles. The van der Waals surface area contributed by atoms with Crippen LogP contribution < -0.4 is 5.32 Å². The number of benzene rings is 1. The van der Waals surface area contributed by atoms with Crippen molar-refractivity contribution in [3.63, 3.8) is 0 Å². The summed E-state index contributed by atoms with van der Waals surface area (Å²) in [4.78, 5) is 0.